The van der Waals surface area contributed by atoms with Crippen molar-refractivity contribution in [1.82, 2.24) is 4.98 Å². The van der Waals surface area contributed by atoms with Gasteiger partial charge < -0.3 is 4.42 Å². The van der Waals surface area contributed by atoms with Gasteiger partial charge in [-0.25, -0.2) is 4.98 Å². The van der Waals surface area contributed by atoms with Gasteiger partial charge in [0.15, 0.2) is 0 Å². The summed E-state index contributed by atoms with van der Waals surface area (Å²) in [6, 6.07) is 8.34. The highest BCUT2D eigenvalue weighted by Gasteiger charge is 2.16. The van der Waals surface area contributed by atoms with Crippen molar-refractivity contribution in [3.05, 3.63) is 41.1 Å². The molecule has 0 fully saturated rings. The Kier molecular flexibility index (Phi) is 3.05. The van der Waals surface area contributed by atoms with Crippen molar-refractivity contribution < 1.29 is 4.42 Å². The molecule has 2 heterocycles. The van der Waals surface area contributed by atoms with E-state index in [9.17, 15) is 0 Å². The first kappa shape index (κ1) is 12.9. The molecule has 0 saturated carbocycles. The normalized spacial score (nSPS) is 12.5. The monoisotopic (exact) mass is 266 g/mol. The Morgan fingerprint density at radius 3 is 2.60 bits per heavy atom. The zero-order chi connectivity index (χ0) is 14.3. The maximum atomic E-state index is 6.04. The van der Waals surface area contributed by atoms with Gasteiger partial charge in [0.1, 0.15) is 5.58 Å². The van der Waals surface area contributed by atoms with Crippen LogP contribution in [0.25, 0.3) is 22.1 Å². The van der Waals surface area contributed by atoms with Gasteiger partial charge in [0.05, 0.1) is 0 Å². The van der Waals surface area contributed by atoms with Crippen molar-refractivity contribution in [3.8, 4) is 0 Å². The number of hydrogen-bond donors (Lipinski definition) is 0. The smallest absolute Gasteiger partial charge is 0.227 e. The second-order valence-corrected chi connectivity index (χ2v) is 5.07. The maximum absolute atomic E-state index is 6.04. The third-order valence-electron chi connectivity index (χ3n) is 3.75. The largest absolute Gasteiger partial charge is 0.437 e. The van der Waals surface area contributed by atoms with E-state index in [0.29, 0.717) is 5.71 Å². The lowest BCUT2D eigenvalue weighted by molar-refractivity contribution is 0.651. The van der Waals surface area contributed by atoms with Gasteiger partial charge in [0, 0.05) is 34.8 Å². The Bertz CT molecular complexity index is 828. The fraction of sp³-hybridized carbons (Fsp3) is 0.294. The number of aliphatic imine (C=N–C) groups is 1. The summed E-state index contributed by atoms with van der Waals surface area (Å²) in [5, 5.41) is 2.18. The molecule has 0 bridgehead atoms. The molecule has 0 saturated heterocycles. The summed E-state index contributed by atoms with van der Waals surface area (Å²) in [4.78, 5) is 8.90. The first-order valence-electron chi connectivity index (χ1n) is 6.91. The lowest BCUT2D eigenvalue weighted by Gasteiger charge is -2.07. The van der Waals surface area contributed by atoms with Gasteiger partial charge in [-0.2, -0.15) is 0 Å². The maximum Gasteiger partial charge on any atom is 0.227 e. The number of aromatic nitrogens is 1. The summed E-state index contributed by atoms with van der Waals surface area (Å²) in [7, 11) is 1.84. The molecule has 0 atom stereocenters. The number of aryl methyl sites for hydroxylation is 2. The van der Waals surface area contributed by atoms with Crippen LogP contribution in [-0.2, 0) is 0 Å². The third-order valence-corrected chi connectivity index (χ3v) is 3.75. The lowest BCUT2D eigenvalue weighted by Crippen LogP contribution is -2.02. The van der Waals surface area contributed by atoms with Crippen LogP contribution in [0.3, 0.4) is 0 Å². The Morgan fingerprint density at radius 1 is 1.15 bits per heavy atom. The summed E-state index contributed by atoms with van der Waals surface area (Å²) < 4.78 is 6.04. The van der Waals surface area contributed by atoms with Crippen LogP contribution in [0.1, 0.15) is 30.2 Å². The number of nitrogens with zero attached hydrogens (tertiary/aromatic N) is 2. The van der Waals surface area contributed by atoms with Crippen LogP contribution in [0.15, 0.2) is 33.7 Å². The molecule has 0 aliphatic rings. The number of fused-ring (bicyclic) bond motifs is 3. The molecule has 3 nitrogen and oxygen atoms in total. The predicted octanol–water partition coefficient (Wildman–Crippen LogP) is 4.43. The molecule has 2 aromatic heterocycles. The van der Waals surface area contributed by atoms with Crippen molar-refractivity contribution in [2.45, 2.75) is 27.2 Å². The average molecular weight is 266 g/mol. The Balaban J connectivity index is 2.45. The van der Waals surface area contributed by atoms with E-state index in [1.165, 1.54) is 5.56 Å². The first-order chi connectivity index (χ1) is 9.65. The van der Waals surface area contributed by atoms with Crippen LogP contribution in [0, 0.1) is 13.8 Å². The van der Waals surface area contributed by atoms with Gasteiger partial charge in [0.25, 0.3) is 0 Å². The fourth-order valence-corrected chi connectivity index (χ4v) is 2.72. The molecule has 0 radical (unpaired) electrons. The second-order valence-electron chi connectivity index (χ2n) is 5.07. The fourth-order valence-electron chi connectivity index (χ4n) is 2.72. The Morgan fingerprint density at radius 2 is 1.90 bits per heavy atom. The third kappa shape index (κ3) is 1.82. The molecule has 3 aromatic rings. The molecule has 3 rings (SSSR count). The lowest BCUT2D eigenvalue weighted by atomic mass is 9.99. The van der Waals surface area contributed by atoms with Gasteiger partial charge in [-0.15, -0.1) is 0 Å². The minimum absolute atomic E-state index is 0.707. The highest BCUT2D eigenvalue weighted by atomic mass is 16.3. The zero-order valence-corrected chi connectivity index (χ0v) is 12.3. The summed E-state index contributed by atoms with van der Waals surface area (Å²) in [5.41, 5.74) is 5.96. The second kappa shape index (κ2) is 4.75. The predicted molar refractivity (Wildman–Crippen MR) is 83.7 cm³/mol. The van der Waals surface area contributed by atoms with E-state index >= 15 is 0 Å². The van der Waals surface area contributed by atoms with Gasteiger partial charge in [-0.3, -0.25) is 4.99 Å². The van der Waals surface area contributed by atoms with Crippen LogP contribution < -0.4 is 0 Å². The first-order valence-corrected chi connectivity index (χ1v) is 6.91. The molecule has 102 valence electrons. The number of benzene rings is 1. The van der Waals surface area contributed by atoms with E-state index in [2.05, 4.69) is 42.0 Å². The number of rotatable bonds is 2. The molecule has 0 aliphatic carbocycles. The van der Waals surface area contributed by atoms with Crippen molar-refractivity contribution in [2.75, 3.05) is 7.05 Å². The highest BCUT2D eigenvalue weighted by molar-refractivity contribution is 6.15. The van der Waals surface area contributed by atoms with Crippen LogP contribution in [0.2, 0.25) is 0 Å². The minimum atomic E-state index is 0.707. The number of furan rings is 1. The molecule has 0 amide bonds. The van der Waals surface area contributed by atoms with Gasteiger partial charge >= 0.3 is 0 Å². The quantitative estimate of drug-likeness (QED) is 0.644. The van der Waals surface area contributed by atoms with Gasteiger partial charge in [-0.1, -0.05) is 19.1 Å². The molecule has 3 heteroatoms. The molecular formula is C17H18N2O. The van der Waals surface area contributed by atoms with Crippen molar-refractivity contribution in [1.29, 1.82) is 0 Å². The molecule has 0 aliphatic heterocycles. The van der Waals surface area contributed by atoms with E-state index in [1.807, 2.05) is 20.0 Å². The molecule has 0 unspecified atom stereocenters. The van der Waals surface area contributed by atoms with Crippen LogP contribution in [-0.4, -0.2) is 17.7 Å². The summed E-state index contributed by atoms with van der Waals surface area (Å²) in [5.74, 6) is 0. The molecule has 0 N–H and O–H groups in total. The Hall–Kier alpha value is -2.16. The van der Waals surface area contributed by atoms with Crippen molar-refractivity contribution in [3.63, 3.8) is 0 Å². The SMILES string of the molecule is CCC(=NC)c1c(C)ccc2c1oc1nc(C)ccc12. The topological polar surface area (TPSA) is 38.4 Å². The molecular weight excluding hydrogens is 248 g/mol. The average Bonchev–Trinajstić information content (AvgIpc) is 2.79. The molecule has 20 heavy (non-hydrogen) atoms. The number of pyridine rings is 1. The highest BCUT2D eigenvalue weighted by Crippen LogP contribution is 2.32. The Labute approximate surface area is 118 Å². The van der Waals surface area contributed by atoms with E-state index in [-0.39, 0.29) is 0 Å². The van der Waals surface area contributed by atoms with E-state index in [4.69, 9.17) is 4.42 Å². The van der Waals surface area contributed by atoms with Crippen molar-refractivity contribution in [2.24, 2.45) is 4.99 Å². The summed E-state index contributed by atoms with van der Waals surface area (Å²) >= 11 is 0. The van der Waals surface area contributed by atoms with Gasteiger partial charge in [0.2, 0.25) is 5.71 Å². The minimum Gasteiger partial charge on any atom is -0.437 e. The number of hydrogen-bond acceptors (Lipinski definition) is 3. The van der Waals surface area contributed by atoms with E-state index in [0.717, 1.165) is 39.7 Å². The summed E-state index contributed by atoms with van der Waals surface area (Å²) in [6.07, 6.45) is 0.889. The van der Waals surface area contributed by atoms with Crippen LogP contribution in [0.5, 0.6) is 0 Å². The van der Waals surface area contributed by atoms with E-state index < -0.39 is 0 Å². The standard InChI is InChI=1S/C17H18N2O/c1-5-14(18-4)15-10(2)6-8-12-13-9-7-11(3)19-17(13)20-16(12)15/h6-9H,5H2,1-4H3. The molecule has 1 aromatic carbocycles. The van der Waals surface area contributed by atoms with Crippen molar-refractivity contribution >= 4 is 27.8 Å². The van der Waals surface area contributed by atoms with Crippen LogP contribution in [0.4, 0.5) is 0 Å². The zero-order valence-electron chi connectivity index (χ0n) is 12.3. The van der Waals surface area contributed by atoms with Crippen LogP contribution >= 0.6 is 0 Å². The summed E-state index contributed by atoms with van der Waals surface area (Å²) in [6.45, 7) is 6.19. The van der Waals surface area contributed by atoms with Gasteiger partial charge in [-0.05, 0) is 38.0 Å². The molecule has 0 spiro atoms. The van der Waals surface area contributed by atoms with E-state index in [1.54, 1.807) is 0 Å².